The maximum absolute atomic E-state index is 12.7. The zero-order chi connectivity index (χ0) is 22.1. The fraction of sp³-hybridized carbons (Fsp3) is 0.350. The van der Waals surface area contributed by atoms with E-state index in [1.54, 1.807) is 13.1 Å². The predicted octanol–water partition coefficient (Wildman–Crippen LogP) is 0.727. The molecule has 2 aromatic heterocycles. The van der Waals surface area contributed by atoms with Crippen molar-refractivity contribution in [1.29, 1.82) is 0 Å². The van der Waals surface area contributed by atoms with E-state index in [0.717, 1.165) is 21.9 Å². The van der Waals surface area contributed by atoms with Gasteiger partial charge in [0, 0.05) is 27.1 Å². The molecule has 31 heavy (non-hydrogen) atoms. The van der Waals surface area contributed by atoms with Crippen molar-refractivity contribution in [3.63, 3.8) is 0 Å². The standard InChI is InChI=1S/C20H21N5O5S/c1-4-14-22-17-16(19(27)25(3)20(28)24(17)2)18(23-14)31-9-15(26)21-8-11-5-6-12-13(7-11)30-10-29-12/h5-7H,4,8-10H2,1-3H3,(H,21,26). The Morgan fingerprint density at radius 1 is 1.16 bits per heavy atom. The second-order valence-electron chi connectivity index (χ2n) is 6.96. The number of hydrogen-bond acceptors (Lipinski definition) is 8. The lowest BCUT2D eigenvalue weighted by molar-refractivity contribution is -0.118. The first-order valence-electron chi connectivity index (χ1n) is 9.63. The van der Waals surface area contributed by atoms with Crippen molar-refractivity contribution in [2.24, 2.45) is 14.1 Å². The highest BCUT2D eigenvalue weighted by atomic mass is 32.2. The van der Waals surface area contributed by atoms with Gasteiger partial charge in [-0.05, 0) is 17.7 Å². The number of fused-ring (bicyclic) bond motifs is 2. The molecule has 0 bridgehead atoms. The molecule has 1 aliphatic rings. The average Bonchev–Trinajstić information content (AvgIpc) is 3.25. The number of ether oxygens (including phenoxy) is 2. The van der Waals surface area contributed by atoms with Gasteiger partial charge in [0.05, 0.1) is 5.75 Å². The largest absolute Gasteiger partial charge is 0.454 e. The van der Waals surface area contributed by atoms with E-state index in [1.807, 2.05) is 19.1 Å². The van der Waals surface area contributed by atoms with E-state index in [2.05, 4.69) is 15.3 Å². The van der Waals surface area contributed by atoms with Gasteiger partial charge in [-0.3, -0.25) is 18.7 Å². The number of aromatic nitrogens is 4. The van der Waals surface area contributed by atoms with E-state index in [9.17, 15) is 14.4 Å². The summed E-state index contributed by atoms with van der Waals surface area (Å²) in [7, 11) is 2.97. The van der Waals surface area contributed by atoms with E-state index in [4.69, 9.17) is 9.47 Å². The first-order chi connectivity index (χ1) is 14.9. The first kappa shape index (κ1) is 20.9. The summed E-state index contributed by atoms with van der Waals surface area (Å²) >= 11 is 1.14. The number of thioether (sulfide) groups is 1. The molecular formula is C20H21N5O5S. The number of carbonyl (C=O) groups excluding carboxylic acids is 1. The van der Waals surface area contributed by atoms with Crippen LogP contribution >= 0.6 is 11.8 Å². The van der Waals surface area contributed by atoms with Gasteiger partial charge in [0.2, 0.25) is 12.7 Å². The fourth-order valence-corrected chi connectivity index (χ4v) is 4.03. The average molecular weight is 443 g/mol. The van der Waals surface area contributed by atoms with Gasteiger partial charge in [-0.2, -0.15) is 0 Å². The molecule has 0 spiro atoms. The maximum atomic E-state index is 12.7. The minimum Gasteiger partial charge on any atom is -0.454 e. The number of carbonyl (C=O) groups is 1. The Labute approximate surface area is 181 Å². The molecule has 0 fully saturated rings. The lowest BCUT2D eigenvalue weighted by atomic mass is 10.2. The molecule has 10 nitrogen and oxygen atoms in total. The SMILES string of the molecule is CCc1nc(SCC(=O)NCc2ccc3c(c2)OCO3)c2c(=O)n(C)c(=O)n(C)c2n1. The Bertz CT molecular complexity index is 1300. The summed E-state index contributed by atoms with van der Waals surface area (Å²) in [5.41, 5.74) is 0.204. The van der Waals surface area contributed by atoms with Gasteiger partial charge in [-0.1, -0.05) is 24.8 Å². The smallest absolute Gasteiger partial charge is 0.332 e. The van der Waals surface area contributed by atoms with Crippen molar-refractivity contribution in [3.05, 3.63) is 50.4 Å². The van der Waals surface area contributed by atoms with Crippen LogP contribution in [0.4, 0.5) is 0 Å². The van der Waals surface area contributed by atoms with Crippen LogP contribution in [0.5, 0.6) is 11.5 Å². The normalized spacial score (nSPS) is 12.4. The summed E-state index contributed by atoms with van der Waals surface area (Å²) in [6, 6.07) is 5.49. The molecule has 1 amide bonds. The minimum atomic E-state index is -0.482. The third-order valence-corrected chi connectivity index (χ3v) is 5.87. The Morgan fingerprint density at radius 2 is 1.94 bits per heavy atom. The Kier molecular flexibility index (Phi) is 5.68. The zero-order valence-corrected chi connectivity index (χ0v) is 18.1. The van der Waals surface area contributed by atoms with Crippen LogP contribution in [0.3, 0.4) is 0 Å². The van der Waals surface area contributed by atoms with Gasteiger partial charge in [0.1, 0.15) is 16.2 Å². The summed E-state index contributed by atoms with van der Waals surface area (Å²) in [6.45, 7) is 2.41. The monoisotopic (exact) mass is 443 g/mol. The highest BCUT2D eigenvalue weighted by Gasteiger charge is 2.18. The molecule has 0 radical (unpaired) electrons. The Morgan fingerprint density at radius 3 is 2.71 bits per heavy atom. The van der Waals surface area contributed by atoms with Crippen LogP contribution in [-0.4, -0.2) is 37.6 Å². The van der Waals surface area contributed by atoms with Crippen molar-refractivity contribution in [3.8, 4) is 11.5 Å². The molecule has 0 saturated heterocycles. The van der Waals surface area contributed by atoms with Gasteiger partial charge >= 0.3 is 5.69 Å². The molecule has 1 N–H and O–H groups in total. The quantitative estimate of drug-likeness (QED) is 0.438. The number of hydrogen-bond donors (Lipinski definition) is 1. The summed E-state index contributed by atoms with van der Waals surface area (Å²) in [5.74, 6) is 1.69. The number of nitrogens with one attached hydrogen (secondary N) is 1. The molecular weight excluding hydrogens is 422 g/mol. The van der Waals surface area contributed by atoms with Crippen LogP contribution in [0, 0.1) is 0 Å². The molecule has 0 unspecified atom stereocenters. The molecule has 162 valence electrons. The molecule has 1 aliphatic heterocycles. The number of rotatable bonds is 6. The Balaban J connectivity index is 1.52. The lowest BCUT2D eigenvalue weighted by Gasteiger charge is -2.11. The second kappa shape index (κ2) is 8.42. The van der Waals surface area contributed by atoms with Crippen molar-refractivity contribution in [2.75, 3.05) is 12.5 Å². The predicted molar refractivity (Wildman–Crippen MR) is 115 cm³/mol. The molecule has 0 atom stereocenters. The van der Waals surface area contributed by atoms with E-state index in [0.29, 0.717) is 35.3 Å². The van der Waals surface area contributed by atoms with Crippen molar-refractivity contribution < 1.29 is 14.3 Å². The van der Waals surface area contributed by atoms with Gasteiger partial charge in [-0.25, -0.2) is 14.8 Å². The highest BCUT2D eigenvalue weighted by molar-refractivity contribution is 8.00. The van der Waals surface area contributed by atoms with Gasteiger partial charge in [0.15, 0.2) is 17.1 Å². The van der Waals surface area contributed by atoms with E-state index < -0.39 is 11.2 Å². The molecule has 3 aromatic rings. The van der Waals surface area contributed by atoms with E-state index in [1.165, 1.54) is 11.6 Å². The van der Waals surface area contributed by atoms with Crippen molar-refractivity contribution in [2.45, 2.75) is 24.9 Å². The van der Waals surface area contributed by atoms with Gasteiger partial charge < -0.3 is 14.8 Å². The first-order valence-corrected chi connectivity index (χ1v) is 10.6. The Hall–Kier alpha value is -3.34. The highest BCUT2D eigenvalue weighted by Crippen LogP contribution is 2.32. The molecule has 0 saturated carbocycles. The number of aryl methyl sites for hydroxylation is 2. The van der Waals surface area contributed by atoms with Crippen molar-refractivity contribution >= 4 is 28.7 Å². The van der Waals surface area contributed by atoms with Gasteiger partial charge in [-0.15, -0.1) is 0 Å². The molecule has 0 aliphatic carbocycles. The van der Waals surface area contributed by atoms with Crippen LogP contribution in [0.15, 0.2) is 32.8 Å². The molecule has 11 heteroatoms. The lowest BCUT2D eigenvalue weighted by Crippen LogP contribution is -2.38. The van der Waals surface area contributed by atoms with E-state index >= 15 is 0 Å². The van der Waals surface area contributed by atoms with Crippen LogP contribution < -0.4 is 26.0 Å². The number of nitrogens with zero attached hydrogens (tertiary/aromatic N) is 4. The number of amides is 1. The van der Waals surface area contributed by atoms with Crippen LogP contribution in [0.25, 0.3) is 11.0 Å². The van der Waals surface area contributed by atoms with E-state index in [-0.39, 0.29) is 29.5 Å². The minimum absolute atomic E-state index is 0.0613. The molecule has 3 heterocycles. The molecule has 4 rings (SSSR count). The summed E-state index contributed by atoms with van der Waals surface area (Å²) in [6.07, 6.45) is 0.531. The third-order valence-electron chi connectivity index (χ3n) is 4.90. The van der Waals surface area contributed by atoms with Gasteiger partial charge in [0.25, 0.3) is 5.56 Å². The summed E-state index contributed by atoms with van der Waals surface area (Å²) in [4.78, 5) is 46.2. The second-order valence-corrected chi connectivity index (χ2v) is 7.92. The van der Waals surface area contributed by atoms with Crippen molar-refractivity contribution in [1.82, 2.24) is 24.4 Å². The third kappa shape index (κ3) is 4.00. The number of benzene rings is 1. The fourth-order valence-electron chi connectivity index (χ4n) is 3.17. The summed E-state index contributed by atoms with van der Waals surface area (Å²) in [5, 5.41) is 3.46. The van der Waals surface area contributed by atoms with Crippen LogP contribution in [0.2, 0.25) is 0 Å². The van der Waals surface area contributed by atoms with Crippen LogP contribution in [-0.2, 0) is 31.9 Å². The summed E-state index contributed by atoms with van der Waals surface area (Å²) < 4.78 is 13.0. The zero-order valence-electron chi connectivity index (χ0n) is 17.3. The van der Waals surface area contributed by atoms with Crippen LogP contribution in [0.1, 0.15) is 18.3 Å². The molecule has 1 aromatic carbocycles. The maximum Gasteiger partial charge on any atom is 0.332 e. The topological polar surface area (TPSA) is 117 Å².